The van der Waals surface area contributed by atoms with Crippen LogP contribution in [-0.4, -0.2) is 0 Å². The SMILES string of the molecule is N#C/C(=C/c1cccc(OCc2ccc(Br)cc2)c1)c1ccc(C#N)cc1. The van der Waals surface area contributed by atoms with Gasteiger partial charge in [0.25, 0.3) is 0 Å². The zero-order valence-electron chi connectivity index (χ0n) is 14.4. The molecule has 0 amide bonds. The third kappa shape index (κ3) is 5.07. The fraction of sp³-hybridized carbons (Fsp3) is 0.0435. The predicted octanol–water partition coefficient (Wildman–Crippen LogP) is 5.96. The minimum Gasteiger partial charge on any atom is -0.489 e. The molecule has 0 saturated carbocycles. The summed E-state index contributed by atoms with van der Waals surface area (Å²) in [7, 11) is 0. The second-order valence-corrected chi connectivity index (χ2v) is 6.76. The molecule has 27 heavy (non-hydrogen) atoms. The Morgan fingerprint density at radius 2 is 1.70 bits per heavy atom. The maximum Gasteiger partial charge on any atom is 0.120 e. The molecule has 0 radical (unpaired) electrons. The molecule has 3 aromatic rings. The van der Waals surface area contributed by atoms with E-state index in [0.29, 0.717) is 17.7 Å². The van der Waals surface area contributed by atoms with E-state index in [1.807, 2.05) is 54.6 Å². The summed E-state index contributed by atoms with van der Waals surface area (Å²) < 4.78 is 6.89. The Kier molecular flexibility index (Phi) is 6.05. The Balaban J connectivity index is 1.77. The highest BCUT2D eigenvalue weighted by molar-refractivity contribution is 9.10. The summed E-state index contributed by atoms with van der Waals surface area (Å²) in [5, 5.41) is 18.4. The maximum absolute atomic E-state index is 9.49. The molecule has 0 spiro atoms. The van der Waals surface area contributed by atoms with Gasteiger partial charge in [0.15, 0.2) is 0 Å². The first-order valence-corrected chi connectivity index (χ1v) is 9.07. The van der Waals surface area contributed by atoms with Crippen molar-refractivity contribution in [2.75, 3.05) is 0 Å². The molecular formula is C23H15BrN2O. The molecule has 4 heteroatoms. The number of ether oxygens (including phenoxy) is 1. The first-order chi connectivity index (χ1) is 13.2. The summed E-state index contributed by atoms with van der Waals surface area (Å²) in [6.45, 7) is 0.473. The van der Waals surface area contributed by atoms with E-state index in [9.17, 15) is 5.26 Å². The third-order valence-corrected chi connectivity index (χ3v) is 4.46. The first kappa shape index (κ1) is 18.5. The van der Waals surface area contributed by atoms with Gasteiger partial charge in [-0.05, 0) is 59.2 Å². The minimum atomic E-state index is 0.473. The number of nitriles is 2. The lowest BCUT2D eigenvalue weighted by Crippen LogP contribution is -1.95. The van der Waals surface area contributed by atoms with Gasteiger partial charge < -0.3 is 4.74 Å². The van der Waals surface area contributed by atoms with Crippen molar-refractivity contribution in [1.82, 2.24) is 0 Å². The summed E-state index contributed by atoms with van der Waals surface area (Å²) in [6, 6.07) is 26.9. The number of hydrogen-bond donors (Lipinski definition) is 0. The second kappa shape index (κ2) is 8.85. The van der Waals surface area contributed by atoms with Crippen LogP contribution in [0.5, 0.6) is 5.75 Å². The highest BCUT2D eigenvalue weighted by Crippen LogP contribution is 2.22. The van der Waals surface area contributed by atoms with Crippen molar-refractivity contribution in [2.24, 2.45) is 0 Å². The third-order valence-electron chi connectivity index (χ3n) is 3.93. The number of benzene rings is 3. The standard InChI is InChI=1S/C23H15BrN2O/c24-22-10-6-18(7-11-22)16-27-23-3-1-2-19(13-23)12-21(15-26)20-8-4-17(14-25)5-9-20/h1-13H,16H2/b21-12-. The lowest BCUT2D eigenvalue weighted by atomic mass is 10.0. The van der Waals surface area contributed by atoms with Crippen molar-refractivity contribution in [2.45, 2.75) is 6.61 Å². The number of allylic oxidation sites excluding steroid dienone is 1. The van der Waals surface area contributed by atoms with Gasteiger partial charge in [-0.1, -0.05) is 52.3 Å². The fourth-order valence-corrected chi connectivity index (χ4v) is 2.78. The van der Waals surface area contributed by atoms with Gasteiger partial charge in [-0.2, -0.15) is 10.5 Å². The molecule has 0 heterocycles. The lowest BCUT2D eigenvalue weighted by molar-refractivity contribution is 0.306. The monoisotopic (exact) mass is 414 g/mol. The van der Waals surface area contributed by atoms with Crippen LogP contribution in [0.1, 0.15) is 22.3 Å². The predicted molar refractivity (Wildman–Crippen MR) is 110 cm³/mol. The fourth-order valence-electron chi connectivity index (χ4n) is 2.51. The molecule has 0 aliphatic carbocycles. The van der Waals surface area contributed by atoms with E-state index in [0.717, 1.165) is 26.9 Å². The summed E-state index contributed by atoms with van der Waals surface area (Å²) in [6.07, 6.45) is 1.81. The van der Waals surface area contributed by atoms with Crippen LogP contribution in [0.3, 0.4) is 0 Å². The molecule has 0 aromatic heterocycles. The second-order valence-electron chi connectivity index (χ2n) is 5.85. The smallest absolute Gasteiger partial charge is 0.120 e. The Morgan fingerprint density at radius 3 is 2.37 bits per heavy atom. The van der Waals surface area contributed by atoms with Crippen LogP contribution in [-0.2, 0) is 6.61 Å². The van der Waals surface area contributed by atoms with Crippen LogP contribution in [0.2, 0.25) is 0 Å². The Hall–Kier alpha value is -3.34. The van der Waals surface area contributed by atoms with Gasteiger partial charge >= 0.3 is 0 Å². The lowest BCUT2D eigenvalue weighted by Gasteiger charge is -2.07. The van der Waals surface area contributed by atoms with E-state index in [2.05, 4.69) is 28.1 Å². The Labute approximate surface area is 166 Å². The molecular weight excluding hydrogens is 400 g/mol. The van der Waals surface area contributed by atoms with E-state index in [1.165, 1.54) is 0 Å². The van der Waals surface area contributed by atoms with Crippen molar-refractivity contribution < 1.29 is 4.74 Å². The van der Waals surface area contributed by atoms with Crippen LogP contribution in [0, 0.1) is 22.7 Å². The molecule has 0 fully saturated rings. The van der Waals surface area contributed by atoms with Gasteiger partial charge in [0.1, 0.15) is 12.4 Å². The summed E-state index contributed by atoms with van der Waals surface area (Å²) >= 11 is 3.42. The molecule has 0 aliphatic heterocycles. The van der Waals surface area contributed by atoms with Crippen molar-refractivity contribution >= 4 is 27.6 Å². The largest absolute Gasteiger partial charge is 0.489 e. The quantitative estimate of drug-likeness (QED) is 0.381. The van der Waals surface area contributed by atoms with Crippen molar-refractivity contribution in [3.8, 4) is 17.9 Å². The summed E-state index contributed by atoms with van der Waals surface area (Å²) in [4.78, 5) is 0. The van der Waals surface area contributed by atoms with Gasteiger partial charge in [-0.3, -0.25) is 0 Å². The normalized spacial score (nSPS) is 10.7. The number of hydrogen-bond acceptors (Lipinski definition) is 3. The van der Waals surface area contributed by atoms with Gasteiger partial charge in [0.05, 0.1) is 23.3 Å². The van der Waals surface area contributed by atoms with Crippen LogP contribution in [0.4, 0.5) is 0 Å². The van der Waals surface area contributed by atoms with E-state index in [1.54, 1.807) is 24.3 Å². The molecule has 0 unspecified atom stereocenters. The highest BCUT2D eigenvalue weighted by Gasteiger charge is 2.03. The van der Waals surface area contributed by atoms with Gasteiger partial charge in [0.2, 0.25) is 0 Å². The van der Waals surface area contributed by atoms with E-state index < -0.39 is 0 Å². The van der Waals surface area contributed by atoms with Crippen molar-refractivity contribution in [3.63, 3.8) is 0 Å². The van der Waals surface area contributed by atoms with Crippen LogP contribution in [0.25, 0.3) is 11.6 Å². The molecule has 0 bridgehead atoms. The van der Waals surface area contributed by atoms with E-state index in [4.69, 9.17) is 10.00 Å². The van der Waals surface area contributed by atoms with E-state index >= 15 is 0 Å². The molecule has 0 N–H and O–H groups in total. The van der Waals surface area contributed by atoms with Crippen LogP contribution >= 0.6 is 15.9 Å². The van der Waals surface area contributed by atoms with Gasteiger partial charge in [-0.25, -0.2) is 0 Å². The van der Waals surface area contributed by atoms with Crippen molar-refractivity contribution in [3.05, 3.63) is 99.5 Å². The van der Waals surface area contributed by atoms with Crippen LogP contribution in [0.15, 0.2) is 77.3 Å². The molecule has 0 atom stereocenters. The van der Waals surface area contributed by atoms with Crippen LogP contribution < -0.4 is 4.74 Å². The number of nitrogens with zero attached hydrogens (tertiary/aromatic N) is 2. The Morgan fingerprint density at radius 1 is 0.963 bits per heavy atom. The molecule has 130 valence electrons. The average Bonchev–Trinajstić information content (AvgIpc) is 2.72. The topological polar surface area (TPSA) is 56.8 Å². The molecule has 0 saturated heterocycles. The number of halogens is 1. The van der Waals surface area contributed by atoms with E-state index in [-0.39, 0.29) is 0 Å². The average molecular weight is 415 g/mol. The van der Waals surface area contributed by atoms with Crippen molar-refractivity contribution in [1.29, 1.82) is 10.5 Å². The Bertz CT molecular complexity index is 1040. The zero-order valence-corrected chi connectivity index (χ0v) is 16.0. The zero-order chi connectivity index (χ0) is 19.1. The molecule has 3 nitrogen and oxygen atoms in total. The van der Waals surface area contributed by atoms with Gasteiger partial charge in [-0.15, -0.1) is 0 Å². The summed E-state index contributed by atoms with van der Waals surface area (Å²) in [5.41, 5.74) is 3.83. The van der Waals surface area contributed by atoms with Gasteiger partial charge in [0, 0.05) is 4.47 Å². The molecule has 0 aliphatic rings. The summed E-state index contributed by atoms with van der Waals surface area (Å²) in [5.74, 6) is 0.740. The molecule has 3 rings (SSSR count). The highest BCUT2D eigenvalue weighted by atomic mass is 79.9. The first-order valence-electron chi connectivity index (χ1n) is 8.27. The molecule has 3 aromatic carbocycles. The minimum absolute atomic E-state index is 0.473. The maximum atomic E-state index is 9.49. The number of rotatable bonds is 5.